The summed E-state index contributed by atoms with van der Waals surface area (Å²) < 4.78 is 10.8. The van der Waals surface area contributed by atoms with E-state index >= 15 is 0 Å². The molecule has 0 bridgehead atoms. The Kier molecular flexibility index (Phi) is 7.63. The fraction of sp³-hybridized carbons (Fsp3) is 0.333. The van der Waals surface area contributed by atoms with Gasteiger partial charge in [-0.1, -0.05) is 19.1 Å². The molecular weight excluding hydrogens is 412 g/mol. The van der Waals surface area contributed by atoms with Gasteiger partial charge in [0.25, 0.3) is 0 Å². The van der Waals surface area contributed by atoms with E-state index in [-0.39, 0.29) is 12.1 Å². The molecule has 0 aliphatic carbocycles. The number of esters is 1. The molecule has 1 aliphatic heterocycles. The van der Waals surface area contributed by atoms with Crippen LogP contribution in [0.4, 0.5) is 4.79 Å². The van der Waals surface area contributed by atoms with Crippen molar-refractivity contribution in [3.05, 3.63) is 65.2 Å². The Morgan fingerprint density at radius 1 is 1.10 bits per heavy atom. The molecule has 3 rings (SSSR count). The first-order valence-electron chi connectivity index (χ1n) is 10.3. The average molecular weight is 441 g/mol. The maximum absolute atomic E-state index is 13.1. The zero-order valence-electron chi connectivity index (χ0n) is 18.2. The number of hydrogen-bond donors (Lipinski definition) is 2. The molecule has 7 heteroatoms. The highest BCUT2D eigenvalue weighted by molar-refractivity contribution is 7.99. The summed E-state index contributed by atoms with van der Waals surface area (Å²) in [6.45, 7) is 5.74. The predicted molar refractivity (Wildman–Crippen MR) is 123 cm³/mol. The smallest absolute Gasteiger partial charge is 0.338 e. The third-order valence-corrected chi connectivity index (χ3v) is 5.92. The second kappa shape index (κ2) is 10.4. The zero-order chi connectivity index (χ0) is 22.4. The van der Waals surface area contributed by atoms with Gasteiger partial charge < -0.3 is 20.1 Å². The Bertz CT molecular complexity index is 953. The number of rotatable bonds is 8. The van der Waals surface area contributed by atoms with Crippen molar-refractivity contribution in [3.63, 3.8) is 0 Å². The number of thioether (sulfide) groups is 1. The van der Waals surface area contributed by atoms with E-state index in [1.807, 2.05) is 36.4 Å². The molecule has 2 aromatic rings. The summed E-state index contributed by atoms with van der Waals surface area (Å²) in [5.74, 6) is 1.26. The first-order valence-corrected chi connectivity index (χ1v) is 11.3. The number of nitrogens with one attached hydrogen (secondary N) is 2. The second-order valence-corrected chi connectivity index (χ2v) is 8.59. The number of urea groups is 1. The van der Waals surface area contributed by atoms with Gasteiger partial charge in [0.1, 0.15) is 5.75 Å². The summed E-state index contributed by atoms with van der Waals surface area (Å²) in [6.07, 6.45) is 0.804. The van der Waals surface area contributed by atoms with Crippen LogP contribution in [-0.2, 0) is 9.53 Å². The summed E-state index contributed by atoms with van der Waals surface area (Å²) in [4.78, 5) is 26.8. The molecule has 1 atom stereocenters. The molecule has 0 fully saturated rings. The van der Waals surface area contributed by atoms with Crippen molar-refractivity contribution in [3.8, 4) is 5.75 Å². The van der Waals surface area contributed by atoms with Gasteiger partial charge in [0.05, 0.1) is 30.5 Å². The van der Waals surface area contributed by atoms with Crippen LogP contribution in [0.5, 0.6) is 5.75 Å². The lowest BCUT2D eigenvalue weighted by Crippen LogP contribution is -2.45. The van der Waals surface area contributed by atoms with E-state index in [1.54, 1.807) is 44.9 Å². The summed E-state index contributed by atoms with van der Waals surface area (Å²) in [7, 11) is 1.59. The van der Waals surface area contributed by atoms with E-state index in [0.29, 0.717) is 22.6 Å². The molecule has 0 spiro atoms. The van der Waals surface area contributed by atoms with Crippen LogP contribution in [0.1, 0.15) is 44.4 Å². The number of methoxy groups -OCH3 is 1. The van der Waals surface area contributed by atoms with Crippen LogP contribution in [-0.4, -0.2) is 31.0 Å². The highest BCUT2D eigenvalue weighted by atomic mass is 32.2. The van der Waals surface area contributed by atoms with Crippen molar-refractivity contribution in [1.82, 2.24) is 10.6 Å². The van der Waals surface area contributed by atoms with Crippen LogP contribution in [0.25, 0.3) is 5.70 Å². The third kappa shape index (κ3) is 5.61. The first kappa shape index (κ1) is 22.7. The van der Waals surface area contributed by atoms with Gasteiger partial charge in [0.2, 0.25) is 0 Å². The van der Waals surface area contributed by atoms with Crippen molar-refractivity contribution in [1.29, 1.82) is 0 Å². The molecule has 0 saturated carbocycles. The standard InChI is InChI=1S/C24H28N2O4S/c1-5-14-31-19-12-8-17(9-13-19)22-20(23(27)30-15(2)3)21(25-24(28)26-22)16-6-10-18(29-4)11-7-16/h6-13,15,22H,5,14H2,1-4H3,(H2,25,26,28). The Hall–Kier alpha value is -2.93. The Morgan fingerprint density at radius 2 is 1.77 bits per heavy atom. The quantitative estimate of drug-likeness (QED) is 0.450. The minimum absolute atomic E-state index is 0.289. The van der Waals surface area contributed by atoms with Gasteiger partial charge in [-0.2, -0.15) is 0 Å². The monoisotopic (exact) mass is 440 g/mol. The SMILES string of the molecule is CCCSc1ccc(C2NC(=O)NC(c3ccc(OC)cc3)=C2C(=O)OC(C)C)cc1. The fourth-order valence-electron chi connectivity index (χ4n) is 3.27. The van der Waals surface area contributed by atoms with Crippen molar-refractivity contribution in [2.45, 2.75) is 44.2 Å². The summed E-state index contributed by atoms with van der Waals surface area (Å²) in [5.41, 5.74) is 2.32. The average Bonchev–Trinajstić information content (AvgIpc) is 2.77. The molecular formula is C24H28N2O4S. The second-order valence-electron chi connectivity index (χ2n) is 7.42. The van der Waals surface area contributed by atoms with Crippen molar-refractivity contribution in [2.24, 2.45) is 0 Å². The summed E-state index contributed by atoms with van der Waals surface area (Å²) >= 11 is 1.78. The summed E-state index contributed by atoms with van der Waals surface area (Å²) in [6, 6.07) is 14.1. The van der Waals surface area contributed by atoms with E-state index in [0.717, 1.165) is 22.6 Å². The molecule has 2 aromatic carbocycles. The number of ether oxygens (including phenoxy) is 2. The van der Waals surface area contributed by atoms with Crippen LogP contribution < -0.4 is 15.4 Å². The van der Waals surface area contributed by atoms with Crippen LogP contribution >= 0.6 is 11.8 Å². The van der Waals surface area contributed by atoms with E-state index in [1.165, 1.54) is 0 Å². The normalized spacial score (nSPS) is 16.0. The lowest BCUT2D eigenvalue weighted by Gasteiger charge is -2.30. The Balaban J connectivity index is 2.06. The van der Waals surface area contributed by atoms with Gasteiger partial charge in [-0.3, -0.25) is 0 Å². The molecule has 0 saturated heterocycles. The third-order valence-electron chi connectivity index (χ3n) is 4.70. The molecule has 6 nitrogen and oxygen atoms in total. The number of carbonyl (C=O) groups is 2. The topological polar surface area (TPSA) is 76.7 Å². The molecule has 164 valence electrons. The van der Waals surface area contributed by atoms with Crippen LogP contribution in [0.15, 0.2) is 59.0 Å². The van der Waals surface area contributed by atoms with Gasteiger partial charge in [0, 0.05) is 4.90 Å². The highest BCUT2D eigenvalue weighted by Gasteiger charge is 2.34. The van der Waals surface area contributed by atoms with Crippen molar-refractivity contribution in [2.75, 3.05) is 12.9 Å². The maximum Gasteiger partial charge on any atom is 0.338 e. The number of benzene rings is 2. The van der Waals surface area contributed by atoms with Crippen LogP contribution in [0.3, 0.4) is 0 Å². The van der Waals surface area contributed by atoms with Gasteiger partial charge in [0.15, 0.2) is 0 Å². The Labute approximate surface area is 187 Å². The van der Waals surface area contributed by atoms with Gasteiger partial charge >= 0.3 is 12.0 Å². The number of carbonyl (C=O) groups excluding carboxylic acids is 2. The van der Waals surface area contributed by atoms with Crippen molar-refractivity contribution < 1.29 is 19.1 Å². The molecule has 1 heterocycles. The zero-order valence-corrected chi connectivity index (χ0v) is 19.0. The predicted octanol–water partition coefficient (Wildman–Crippen LogP) is 4.91. The van der Waals surface area contributed by atoms with Crippen molar-refractivity contribution >= 4 is 29.5 Å². The molecule has 0 aromatic heterocycles. The molecule has 2 N–H and O–H groups in total. The molecule has 1 unspecified atom stereocenters. The van der Waals surface area contributed by atoms with E-state index in [9.17, 15) is 9.59 Å². The molecule has 31 heavy (non-hydrogen) atoms. The lowest BCUT2D eigenvalue weighted by molar-refractivity contribution is -0.143. The van der Waals surface area contributed by atoms with Crippen LogP contribution in [0, 0.1) is 0 Å². The van der Waals surface area contributed by atoms with Crippen LogP contribution in [0.2, 0.25) is 0 Å². The lowest BCUT2D eigenvalue weighted by atomic mass is 9.92. The number of amides is 2. The highest BCUT2D eigenvalue weighted by Crippen LogP contribution is 2.33. The van der Waals surface area contributed by atoms with Gasteiger partial charge in [-0.15, -0.1) is 11.8 Å². The van der Waals surface area contributed by atoms with E-state index < -0.39 is 12.0 Å². The largest absolute Gasteiger partial charge is 0.497 e. The fourth-order valence-corrected chi connectivity index (χ4v) is 4.04. The van der Waals surface area contributed by atoms with E-state index in [2.05, 4.69) is 17.6 Å². The van der Waals surface area contributed by atoms with Gasteiger partial charge in [-0.05, 0) is 73.5 Å². The number of hydrogen-bond acceptors (Lipinski definition) is 5. The molecule has 0 radical (unpaired) electrons. The van der Waals surface area contributed by atoms with Gasteiger partial charge in [-0.25, -0.2) is 9.59 Å². The molecule has 2 amide bonds. The molecule has 1 aliphatic rings. The Morgan fingerprint density at radius 3 is 2.35 bits per heavy atom. The maximum atomic E-state index is 13.1. The first-order chi connectivity index (χ1) is 14.9. The van der Waals surface area contributed by atoms with E-state index in [4.69, 9.17) is 9.47 Å². The summed E-state index contributed by atoms with van der Waals surface area (Å²) in [5, 5.41) is 5.68. The minimum Gasteiger partial charge on any atom is -0.497 e. The minimum atomic E-state index is -0.623.